The van der Waals surface area contributed by atoms with Gasteiger partial charge in [-0.05, 0) is 24.7 Å². The maximum Gasteiger partial charge on any atom is 0.208 e. The molecule has 0 bridgehead atoms. The molecular formula is C19H30O4. The van der Waals surface area contributed by atoms with Crippen LogP contribution in [0.1, 0.15) is 48.0 Å². The molecule has 0 N–H and O–H groups in total. The molecule has 0 saturated carbocycles. The standard InChI is InChI=1S/C19H30O4/c1-11(2)12(3)9-10-19(5,6)14-13(4)15(20)17(22-7)18(23-8)16(14)21/h9,11,13-14H,10H2,1-8H3/b12-9+. The lowest BCUT2D eigenvalue weighted by molar-refractivity contribution is -0.139. The average molecular weight is 322 g/mol. The van der Waals surface area contributed by atoms with Gasteiger partial charge in [-0.25, -0.2) is 0 Å². The third kappa shape index (κ3) is 3.85. The molecule has 0 amide bonds. The second kappa shape index (κ2) is 7.33. The van der Waals surface area contributed by atoms with Crippen molar-refractivity contribution < 1.29 is 19.1 Å². The summed E-state index contributed by atoms with van der Waals surface area (Å²) < 4.78 is 10.3. The van der Waals surface area contributed by atoms with Crippen molar-refractivity contribution in [1.29, 1.82) is 0 Å². The minimum Gasteiger partial charge on any atom is -0.490 e. The molecule has 4 nitrogen and oxygen atoms in total. The van der Waals surface area contributed by atoms with E-state index in [-0.39, 0.29) is 28.5 Å². The van der Waals surface area contributed by atoms with Crippen LogP contribution in [-0.2, 0) is 19.1 Å². The predicted molar refractivity (Wildman–Crippen MR) is 90.7 cm³/mol. The van der Waals surface area contributed by atoms with Crippen molar-refractivity contribution in [2.45, 2.75) is 48.0 Å². The van der Waals surface area contributed by atoms with E-state index >= 15 is 0 Å². The maximum absolute atomic E-state index is 12.9. The molecule has 0 fully saturated rings. The summed E-state index contributed by atoms with van der Waals surface area (Å²) in [5.41, 5.74) is 0.950. The van der Waals surface area contributed by atoms with Crippen LogP contribution in [-0.4, -0.2) is 25.8 Å². The van der Waals surface area contributed by atoms with Gasteiger partial charge in [0.2, 0.25) is 23.1 Å². The highest BCUT2D eigenvalue weighted by molar-refractivity contribution is 6.11. The molecule has 0 radical (unpaired) electrons. The average Bonchev–Trinajstić information content (AvgIpc) is 2.47. The highest BCUT2D eigenvalue weighted by Gasteiger charge is 2.49. The van der Waals surface area contributed by atoms with E-state index in [9.17, 15) is 9.59 Å². The summed E-state index contributed by atoms with van der Waals surface area (Å²) in [7, 11) is 2.80. The first-order valence-corrected chi connectivity index (χ1v) is 8.15. The summed E-state index contributed by atoms with van der Waals surface area (Å²) >= 11 is 0. The zero-order chi connectivity index (χ0) is 17.9. The van der Waals surface area contributed by atoms with Gasteiger partial charge in [0.05, 0.1) is 14.2 Å². The van der Waals surface area contributed by atoms with Crippen LogP contribution in [0.15, 0.2) is 23.2 Å². The van der Waals surface area contributed by atoms with Crippen molar-refractivity contribution in [3.8, 4) is 0 Å². The first kappa shape index (κ1) is 19.5. The quantitative estimate of drug-likeness (QED) is 0.696. The Morgan fingerprint density at radius 2 is 1.61 bits per heavy atom. The van der Waals surface area contributed by atoms with Gasteiger partial charge in [-0.2, -0.15) is 0 Å². The molecule has 2 atom stereocenters. The maximum atomic E-state index is 12.9. The van der Waals surface area contributed by atoms with Crippen LogP contribution in [0.4, 0.5) is 0 Å². The summed E-state index contributed by atoms with van der Waals surface area (Å²) in [5.74, 6) is -0.562. The number of Topliss-reactive ketones (excluding diaryl/α,β-unsaturated/α-hetero) is 2. The summed E-state index contributed by atoms with van der Waals surface area (Å²) in [4.78, 5) is 25.4. The van der Waals surface area contributed by atoms with Crippen LogP contribution in [0.2, 0.25) is 0 Å². The molecule has 23 heavy (non-hydrogen) atoms. The van der Waals surface area contributed by atoms with E-state index in [0.29, 0.717) is 5.92 Å². The largest absolute Gasteiger partial charge is 0.490 e. The number of allylic oxidation sites excluding steroid dienone is 4. The minimum absolute atomic E-state index is 0.0472. The molecule has 130 valence electrons. The molecule has 0 aromatic heterocycles. The van der Waals surface area contributed by atoms with Crippen molar-refractivity contribution in [2.75, 3.05) is 14.2 Å². The normalized spacial score (nSPS) is 23.6. The molecule has 0 saturated heterocycles. The highest BCUT2D eigenvalue weighted by Crippen LogP contribution is 2.43. The molecule has 1 rings (SSSR count). The third-order valence-corrected chi connectivity index (χ3v) is 4.96. The molecule has 0 heterocycles. The van der Waals surface area contributed by atoms with Crippen LogP contribution >= 0.6 is 0 Å². The van der Waals surface area contributed by atoms with Gasteiger partial charge >= 0.3 is 0 Å². The van der Waals surface area contributed by atoms with Gasteiger partial charge in [0, 0.05) is 11.8 Å². The van der Waals surface area contributed by atoms with Crippen molar-refractivity contribution in [3.63, 3.8) is 0 Å². The number of ketones is 2. The van der Waals surface area contributed by atoms with Gasteiger partial charge in [-0.3, -0.25) is 9.59 Å². The second-order valence-electron chi connectivity index (χ2n) is 7.36. The van der Waals surface area contributed by atoms with E-state index in [0.717, 1.165) is 6.42 Å². The molecule has 4 heteroatoms. The first-order chi connectivity index (χ1) is 10.6. The Kier molecular flexibility index (Phi) is 6.20. The summed E-state index contributed by atoms with van der Waals surface area (Å²) in [6, 6.07) is 0. The van der Waals surface area contributed by atoms with E-state index < -0.39 is 11.8 Å². The highest BCUT2D eigenvalue weighted by atomic mass is 16.5. The molecule has 0 aliphatic heterocycles. The minimum atomic E-state index is -0.417. The van der Waals surface area contributed by atoms with Gasteiger partial charge in [-0.1, -0.05) is 46.3 Å². The lowest BCUT2D eigenvalue weighted by Crippen LogP contribution is -2.44. The third-order valence-electron chi connectivity index (χ3n) is 4.96. The van der Waals surface area contributed by atoms with Crippen LogP contribution in [0, 0.1) is 23.2 Å². The summed E-state index contributed by atoms with van der Waals surface area (Å²) in [5, 5.41) is 0. The second-order valence-corrected chi connectivity index (χ2v) is 7.36. The van der Waals surface area contributed by atoms with E-state index in [1.807, 2.05) is 13.8 Å². The van der Waals surface area contributed by atoms with Crippen LogP contribution < -0.4 is 0 Å². The number of methoxy groups -OCH3 is 2. The Balaban J connectivity index is 3.21. The Hall–Kier alpha value is -1.58. The number of carbonyl (C=O) groups excluding carboxylic acids is 2. The van der Waals surface area contributed by atoms with Crippen molar-refractivity contribution in [1.82, 2.24) is 0 Å². The fraction of sp³-hybridized carbons (Fsp3) is 0.684. The number of hydrogen-bond acceptors (Lipinski definition) is 4. The van der Waals surface area contributed by atoms with Gasteiger partial charge in [0.1, 0.15) is 0 Å². The van der Waals surface area contributed by atoms with Crippen molar-refractivity contribution in [2.24, 2.45) is 23.2 Å². The van der Waals surface area contributed by atoms with Crippen LogP contribution in [0.3, 0.4) is 0 Å². The van der Waals surface area contributed by atoms with E-state index in [1.54, 1.807) is 6.92 Å². The predicted octanol–water partition coefficient (Wildman–Crippen LogP) is 3.91. The SMILES string of the molecule is COC1=C(OC)C(=O)C(C(C)(C)C/C=C(\C)C(C)C)C(C)C1=O. The lowest BCUT2D eigenvalue weighted by atomic mass is 9.64. The molecular weight excluding hydrogens is 292 g/mol. The van der Waals surface area contributed by atoms with Crippen LogP contribution in [0.25, 0.3) is 0 Å². The number of carbonyl (C=O) groups is 2. The van der Waals surface area contributed by atoms with Crippen molar-refractivity contribution in [3.05, 3.63) is 23.2 Å². The van der Waals surface area contributed by atoms with Gasteiger partial charge in [0.15, 0.2) is 0 Å². The monoisotopic (exact) mass is 322 g/mol. The Morgan fingerprint density at radius 3 is 2.04 bits per heavy atom. The molecule has 0 aromatic rings. The Morgan fingerprint density at radius 1 is 1.13 bits per heavy atom. The topological polar surface area (TPSA) is 52.6 Å². The van der Waals surface area contributed by atoms with Crippen LogP contribution in [0.5, 0.6) is 0 Å². The fourth-order valence-corrected chi connectivity index (χ4v) is 3.16. The summed E-state index contributed by atoms with van der Waals surface area (Å²) in [6.45, 7) is 12.3. The molecule has 0 spiro atoms. The number of ether oxygens (including phenoxy) is 2. The zero-order valence-corrected chi connectivity index (χ0v) is 15.6. The summed E-state index contributed by atoms with van der Waals surface area (Å²) in [6.07, 6.45) is 2.92. The Labute approximate surface area is 139 Å². The Bertz CT molecular complexity index is 538. The van der Waals surface area contributed by atoms with Crippen molar-refractivity contribution >= 4 is 11.6 Å². The van der Waals surface area contributed by atoms with Gasteiger partial charge in [-0.15, -0.1) is 0 Å². The van der Waals surface area contributed by atoms with Gasteiger partial charge < -0.3 is 9.47 Å². The molecule has 2 unspecified atom stereocenters. The molecule has 1 aliphatic carbocycles. The smallest absolute Gasteiger partial charge is 0.208 e. The molecule has 0 aromatic carbocycles. The fourth-order valence-electron chi connectivity index (χ4n) is 3.16. The zero-order valence-electron chi connectivity index (χ0n) is 15.6. The van der Waals surface area contributed by atoms with Gasteiger partial charge in [0.25, 0.3) is 0 Å². The number of hydrogen-bond donors (Lipinski definition) is 0. The lowest BCUT2D eigenvalue weighted by Gasteiger charge is -2.39. The molecule has 1 aliphatic rings. The number of rotatable bonds is 6. The first-order valence-electron chi connectivity index (χ1n) is 8.15. The van der Waals surface area contributed by atoms with E-state index in [2.05, 4.69) is 26.8 Å². The van der Waals surface area contributed by atoms with E-state index in [1.165, 1.54) is 19.8 Å². The van der Waals surface area contributed by atoms with E-state index in [4.69, 9.17) is 9.47 Å².